The van der Waals surface area contributed by atoms with Crippen LogP contribution in [0.4, 0.5) is 0 Å². The molecular weight excluding hydrogens is 500 g/mol. The molecule has 1 heterocycles. The van der Waals surface area contributed by atoms with Crippen LogP contribution in [0.1, 0.15) is 44.2 Å². The molecule has 1 atom stereocenters. The van der Waals surface area contributed by atoms with Crippen molar-refractivity contribution in [2.24, 2.45) is 11.5 Å². The highest BCUT2D eigenvalue weighted by Crippen LogP contribution is 2.22. The second kappa shape index (κ2) is 26.9. The van der Waals surface area contributed by atoms with Crippen molar-refractivity contribution in [3.63, 3.8) is 0 Å². The number of hydrogen-bond acceptors (Lipinski definition) is 6. The van der Waals surface area contributed by atoms with Gasteiger partial charge in [0.25, 0.3) is 0 Å². The van der Waals surface area contributed by atoms with E-state index in [1.165, 1.54) is 48.8 Å². The SMILES string of the molecule is C1CCNC1.C=C(O)C(Cc1ccc(-c2cccc(CCCN)c2)cc1)NC=O.C=CC=C(C)C.C=CN.CO. The van der Waals surface area contributed by atoms with E-state index >= 15 is 0 Å². The van der Waals surface area contributed by atoms with E-state index in [-0.39, 0.29) is 5.76 Å². The van der Waals surface area contributed by atoms with Gasteiger partial charge in [-0.1, -0.05) is 86.0 Å². The van der Waals surface area contributed by atoms with Gasteiger partial charge in [0.05, 0.1) is 6.04 Å². The number of nitrogens with one attached hydrogen (secondary N) is 2. The first-order valence-electron chi connectivity index (χ1n) is 13.5. The van der Waals surface area contributed by atoms with Gasteiger partial charge in [0.2, 0.25) is 6.41 Å². The fourth-order valence-electron chi connectivity index (χ4n) is 3.50. The molecule has 1 aliphatic heterocycles. The molecule has 0 spiro atoms. The summed E-state index contributed by atoms with van der Waals surface area (Å²) in [5.74, 6) is -0.0428. The molecule has 7 nitrogen and oxygen atoms in total. The minimum absolute atomic E-state index is 0.0428. The molecule has 0 aliphatic carbocycles. The van der Waals surface area contributed by atoms with Gasteiger partial charge in [-0.25, -0.2) is 0 Å². The van der Waals surface area contributed by atoms with Crippen molar-refractivity contribution in [3.05, 3.63) is 109 Å². The van der Waals surface area contributed by atoms with Gasteiger partial charge in [0, 0.05) is 7.11 Å². The fraction of sp³-hybridized carbons (Fsp3) is 0.364. The van der Waals surface area contributed by atoms with Gasteiger partial charge in [-0.3, -0.25) is 4.79 Å². The Morgan fingerprint density at radius 1 is 1.05 bits per heavy atom. The molecule has 7 heteroatoms. The Balaban J connectivity index is 0. The average molecular weight is 553 g/mol. The lowest BCUT2D eigenvalue weighted by molar-refractivity contribution is -0.110. The average Bonchev–Trinajstić information content (AvgIpc) is 3.55. The van der Waals surface area contributed by atoms with Crippen LogP contribution in [0, 0.1) is 0 Å². The molecule has 0 bridgehead atoms. The second-order valence-corrected chi connectivity index (χ2v) is 8.99. The van der Waals surface area contributed by atoms with Crippen molar-refractivity contribution in [3.8, 4) is 11.1 Å². The molecule has 0 saturated carbocycles. The number of aryl methyl sites for hydroxylation is 1. The van der Waals surface area contributed by atoms with Crippen molar-refractivity contribution < 1.29 is 15.0 Å². The highest BCUT2D eigenvalue weighted by molar-refractivity contribution is 5.64. The first kappa shape index (κ1) is 38.5. The predicted molar refractivity (Wildman–Crippen MR) is 172 cm³/mol. The zero-order valence-corrected chi connectivity index (χ0v) is 24.7. The Labute approximate surface area is 242 Å². The quantitative estimate of drug-likeness (QED) is 0.137. The molecule has 40 heavy (non-hydrogen) atoms. The third kappa shape index (κ3) is 20.3. The van der Waals surface area contributed by atoms with Gasteiger partial charge in [-0.2, -0.15) is 0 Å². The number of hydrogen-bond donors (Lipinski definition) is 6. The van der Waals surface area contributed by atoms with E-state index in [4.69, 9.17) is 10.8 Å². The van der Waals surface area contributed by atoms with Gasteiger partial charge in [-0.05, 0) is 94.0 Å². The maximum Gasteiger partial charge on any atom is 0.207 e. The number of nitrogens with two attached hydrogens (primary N) is 2. The summed E-state index contributed by atoms with van der Waals surface area (Å²) in [7, 11) is 1.00. The molecule has 1 fully saturated rings. The Hall–Kier alpha value is -3.65. The molecule has 1 saturated heterocycles. The second-order valence-electron chi connectivity index (χ2n) is 8.99. The Bertz CT molecular complexity index is 956. The lowest BCUT2D eigenvalue weighted by Crippen LogP contribution is -2.31. The number of carbonyl (C=O) groups excluding carboxylic acids is 1. The van der Waals surface area contributed by atoms with E-state index in [1.54, 1.807) is 6.08 Å². The summed E-state index contributed by atoms with van der Waals surface area (Å²) in [5, 5.41) is 22.3. The van der Waals surface area contributed by atoms with Crippen LogP contribution in [-0.4, -0.2) is 49.4 Å². The molecule has 1 unspecified atom stereocenters. The van der Waals surface area contributed by atoms with Gasteiger partial charge in [0.15, 0.2) is 0 Å². The topological polar surface area (TPSA) is 134 Å². The van der Waals surface area contributed by atoms with Crippen molar-refractivity contribution in [1.29, 1.82) is 0 Å². The number of benzene rings is 2. The lowest BCUT2D eigenvalue weighted by Gasteiger charge is -2.15. The van der Waals surface area contributed by atoms with E-state index in [2.05, 4.69) is 72.5 Å². The summed E-state index contributed by atoms with van der Waals surface area (Å²) in [4.78, 5) is 10.6. The molecular formula is C33H52N4O3. The third-order valence-corrected chi connectivity index (χ3v) is 5.40. The van der Waals surface area contributed by atoms with Crippen LogP contribution in [0.15, 0.2) is 98.0 Å². The van der Waals surface area contributed by atoms with Gasteiger partial charge >= 0.3 is 0 Å². The van der Waals surface area contributed by atoms with Crippen molar-refractivity contribution in [2.75, 3.05) is 26.7 Å². The predicted octanol–water partition coefficient (Wildman–Crippen LogP) is 5.18. The van der Waals surface area contributed by atoms with Crippen molar-refractivity contribution in [1.82, 2.24) is 10.6 Å². The monoisotopic (exact) mass is 552 g/mol. The van der Waals surface area contributed by atoms with Crippen LogP contribution in [0.5, 0.6) is 0 Å². The standard InChI is InChI=1S/C20H24N2O2.C6H10.C4H9N.C2H5N.CH4O/c1-15(24)20(22-14-23)13-17-7-9-18(10-8-17)19-6-2-4-16(12-19)5-3-11-21;1-4-5-6(2)3;1-2-4-5-3-1;1-2-3;1-2/h2,4,6-10,12,14,20,24H,1,3,5,11,13,21H2,(H,22,23);4-5H,1H2,2-3H3;5H,1-4H2;2H,1,3H2;2H,1H3. The normalized spacial score (nSPS) is 11.5. The number of aliphatic hydroxyl groups excluding tert-OH is 2. The summed E-state index contributed by atoms with van der Waals surface area (Å²) in [6, 6.07) is 16.1. The van der Waals surface area contributed by atoms with Gasteiger partial charge in [-0.15, -0.1) is 0 Å². The lowest BCUT2D eigenvalue weighted by atomic mass is 9.98. The van der Waals surface area contributed by atoms with E-state index in [0.717, 1.165) is 31.1 Å². The largest absolute Gasteiger partial charge is 0.511 e. The maximum atomic E-state index is 10.6. The first-order chi connectivity index (χ1) is 19.3. The van der Waals surface area contributed by atoms with Gasteiger partial charge in [0.1, 0.15) is 5.76 Å². The van der Waals surface area contributed by atoms with Crippen LogP contribution >= 0.6 is 0 Å². The Morgan fingerprint density at radius 2 is 1.65 bits per heavy atom. The molecule has 0 aromatic heterocycles. The Kier molecular flexibility index (Phi) is 25.9. The van der Waals surface area contributed by atoms with Crippen LogP contribution in [0.2, 0.25) is 0 Å². The number of rotatable bonds is 10. The summed E-state index contributed by atoms with van der Waals surface area (Å²) in [6.07, 6.45) is 10.8. The maximum absolute atomic E-state index is 10.6. The van der Waals surface area contributed by atoms with E-state index < -0.39 is 6.04 Å². The molecule has 2 aromatic rings. The Morgan fingerprint density at radius 3 is 2.05 bits per heavy atom. The highest BCUT2D eigenvalue weighted by Gasteiger charge is 2.11. The van der Waals surface area contributed by atoms with Gasteiger partial charge < -0.3 is 32.3 Å². The van der Waals surface area contributed by atoms with Crippen LogP contribution in [0.3, 0.4) is 0 Å². The number of allylic oxidation sites excluding steroid dienone is 3. The van der Waals surface area contributed by atoms with Crippen LogP contribution in [0.25, 0.3) is 11.1 Å². The van der Waals surface area contributed by atoms with E-state index in [9.17, 15) is 9.90 Å². The molecule has 0 radical (unpaired) electrons. The molecule has 8 N–H and O–H groups in total. The molecule has 1 amide bonds. The van der Waals surface area contributed by atoms with Crippen LogP contribution < -0.4 is 22.1 Å². The third-order valence-electron chi connectivity index (χ3n) is 5.40. The molecule has 3 rings (SSSR count). The summed E-state index contributed by atoms with van der Waals surface area (Å²) < 4.78 is 0. The number of amides is 1. The molecule has 222 valence electrons. The zero-order chi connectivity index (χ0) is 30.6. The first-order valence-corrected chi connectivity index (χ1v) is 13.5. The van der Waals surface area contributed by atoms with E-state index in [0.29, 0.717) is 19.4 Å². The van der Waals surface area contributed by atoms with E-state index in [1.807, 2.05) is 32.1 Å². The summed E-state index contributed by atoms with van der Waals surface area (Å²) in [6.45, 7) is 17.4. The number of aliphatic hydroxyl groups is 2. The molecule has 1 aliphatic rings. The zero-order valence-electron chi connectivity index (χ0n) is 24.7. The smallest absolute Gasteiger partial charge is 0.207 e. The molecule has 2 aromatic carbocycles. The van der Waals surface area contributed by atoms with Crippen molar-refractivity contribution in [2.45, 2.75) is 52.0 Å². The number of carbonyl (C=O) groups is 1. The highest BCUT2D eigenvalue weighted by atomic mass is 16.3. The fourth-order valence-corrected chi connectivity index (χ4v) is 3.50. The van der Waals surface area contributed by atoms with Crippen molar-refractivity contribution >= 4 is 6.41 Å². The minimum Gasteiger partial charge on any atom is -0.511 e. The summed E-state index contributed by atoms with van der Waals surface area (Å²) in [5.41, 5.74) is 16.1. The van der Waals surface area contributed by atoms with Crippen LogP contribution in [-0.2, 0) is 17.6 Å². The summed E-state index contributed by atoms with van der Waals surface area (Å²) >= 11 is 0. The minimum atomic E-state index is -0.465.